The minimum absolute atomic E-state index is 0.102. The first kappa shape index (κ1) is 50.8. The third-order valence-electron chi connectivity index (χ3n) is 12.8. The van der Waals surface area contributed by atoms with E-state index in [0.717, 1.165) is 56.2 Å². The van der Waals surface area contributed by atoms with Gasteiger partial charge in [0.05, 0.1) is 30.3 Å². The molecule has 4 heterocycles. The summed E-state index contributed by atoms with van der Waals surface area (Å²) in [6.45, 7) is 22.5. The molecule has 16 heteroatoms. The average Bonchev–Trinajstić information content (AvgIpc) is 3.83. The van der Waals surface area contributed by atoms with E-state index in [1.165, 1.54) is 27.7 Å². The van der Waals surface area contributed by atoms with Gasteiger partial charge in [-0.1, -0.05) is 77.3 Å². The third-order valence-corrected chi connectivity index (χ3v) is 12.8. The van der Waals surface area contributed by atoms with Crippen LogP contribution in [0, 0.1) is 11.3 Å². The van der Waals surface area contributed by atoms with Gasteiger partial charge in [0.15, 0.2) is 0 Å². The quantitative estimate of drug-likeness (QED) is 0.0572. The first-order valence-corrected chi connectivity index (χ1v) is 23.3. The van der Waals surface area contributed by atoms with Crippen molar-refractivity contribution in [1.29, 1.82) is 0 Å². The number of aryl methyl sites for hydroxylation is 1. The Hall–Kier alpha value is -6.65. The van der Waals surface area contributed by atoms with E-state index >= 15 is 0 Å². The number of anilines is 1. The largest absolute Gasteiger partial charge is 0.464 e. The number of carbonyl (C=O) groups excluding carboxylic acids is 5. The lowest BCUT2D eigenvalue weighted by molar-refractivity contribution is -0.155. The first-order valence-electron chi connectivity index (χ1n) is 23.3. The molecular formula is C52H67N9O7. The summed E-state index contributed by atoms with van der Waals surface area (Å²) >= 11 is 0. The minimum Gasteiger partial charge on any atom is -0.464 e. The summed E-state index contributed by atoms with van der Waals surface area (Å²) in [4.78, 5) is 79.6. The maximum atomic E-state index is 14.7. The van der Waals surface area contributed by atoms with Crippen LogP contribution < -0.4 is 16.1 Å². The number of hydrazine groups is 1. The van der Waals surface area contributed by atoms with Gasteiger partial charge in [0, 0.05) is 68.8 Å². The van der Waals surface area contributed by atoms with Crippen LogP contribution in [-0.4, -0.2) is 111 Å². The molecule has 0 saturated carbocycles. The summed E-state index contributed by atoms with van der Waals surface area (Å²) in [7, 11) is 4.76. The van der Waals surface area contributed by atoms with Crippen molar-refractivity contribution in [3.63, 3.8) is 0 Å². The number of fused-ring (bicyclic) bond motifs is 6. The summed E-state index contributed by atoms with van der Waals surface area (Å²) in [5.74, 6) is -2.72. The molecule has 0 unspecified atom stereocenters. The second kappa shape index (κ2) is 21.5. The Bertz CT molecular complexity index is 2650. The van der Waals surface area contributed by atoms with Crippen LogP contribution in [-0.2, 0) is 55.1 Å². The van der Waals surface area contributed by atoms with Gasteiger partial charge in [-0.25, -0.2) is 10.4 Å². The fourth-order valence-electron chi connectivity index (χ4n) is 9.27. The zero-order chi connectivity index (χ0) is 49.6. The van der Waals surface area contributed by atoms with E-state index in [2.05, 4.69) is 77.7 Å². The number of allylic oxidation sites excluding steroid dienone is 2. The number of nitrogens with zero attached hydrogens (tertiary/aromatic N) is 6. The van der Waals surface area contributed by atoms with Crippen molar-refractivity contribution in [2.24, 2.45) is 23.4 Å². The molecule has 2 aliphatic rings. The predicted octanol–water partition coefficient (Wildman–Crippen LogP) is 6.65. The van der Waals surface area contributed by atoms with E-state index in [9.17, 15) is 24.0 Å². The van der Waals surface area contributed by atoms with Crippen molar-refractivity contribution in [2.75, 3.05) is 32.6 Å². The van der Waals surface area contributed by atoms with Crippen LogP contribution >= 0.6 is 0 Å². The van der Waals surface area contributed by atoms with Gasteiger partial charge in [0.1, 0.15) is 23.8 Å². The van der Waals surface area contributed by atoms with E-state index in [4.69, 9.17) is 14.5 Å². The number of aromatic nitrogens is 3. The number of hydrogen-bond acceptors (Lipinski definition) is 10. The predicted molar refractivity (Wildman–Crippen MR) is 266 cm³/mol. The van der Waals surface area contributed by atoms with Crippen molar-refractivity contribution in [2.45, 2.75) is 105 Å². The van der Waals surface area contributed by atoms with Gasteiger partial charge in [-0.3, -0.25) is 39.3 Å². The number of benzene rings is 2. The van der Waals surface area contributed by atoms with Crippen LogP contribution in [0.5, 0.6) is 0 Å². The van der Waals surface area contributed by atoms with E-state index in [-0.39, 0.29) is 36.7 Å². The highest BCUT2D eigenvalue weighted by atomic mass is 16.5. The Morgan fingerprint density at radius 2 is 1.84 bits per heavy atom. The summed E-state index contributed by atoms with van der Waals surface area (Å²) < 4.78 is 15.7. The Morgan fingerprint density at radius 1 is 1.10 bits per heavy atom. The number of cyclic esters (lactones) is 1. The lowest BCUT2D eigenvalue weighted by Crippen LogP contribution is -2.62. The molecule has 4 atom stereocenters. The normalized spacial score (nSPS) is 18.9. The molecular weight excluding hydrogens is 863 g/mol. The smallest absolute Gasteiger partial charge is 0.324 e. The van der Waals surface area contributed by atoms with Crippen LogP contribution in [0.1, 0.15) is 88.6 Å². The second-order valence-corrected chi connectivity index (χ2v) is 18.6. The Labute approximate surface area is 399 Å². The zero-order valence-electron chi connectivity index (χ0n) is 41.1. The van der Waals surface area contributed by atoms with Crippen LogP contribution in [0.25, 0.3) is 27.6 Å². The molecule has 0 spiro atoms. The van der Waals surface area contributed by atoms with Crippen LogP contribution in [0.3, 0.4) is 0 Å². The highest BCUT2D eigenvalue weighted by Crippen LogP contribution is 2.40. The topological polar surface area (TPSA) is 181 Å². The summed E-state index contributed by atoms with van der Waals surface area (Å²) in [5.41, 5.74) is 10.0. The summed E-state index contributed by atoms with van der Waals surface area (Å²) in [6, 6.07) is 11.4. The van der Waals surface area contributed by atoms with Gasteiger partial charge in [-0.05, 0) is 86.4 Å². The number of imidazole rings is 1. The molecule has 3 N–H and O–H groups in total. The van der Waals surface area contributed by atoms with Crippen molar-refractivity contribution >= 4 is 58.2 Å². The van der Waals surface area contributed by atoms with Crippen molar-refractivity contribution in [3.05, 3.63) is 102 Å². The molecule has 6 rings (SSSR count). The Morgan fingerprint density at radius 3 is 2.50 bits per heavy atom. The van der Waals surface area contributed by atoms with Gasteiger partial charge in [-0.15, -0.1) is 0 Å². The molecule has 4 aromatic rings. The number of esters is 1. The van der Waals surface area contributed by atoms with Gasteiger partial charge in [-0.2, -0.15) is 0 Å². The first-order chi connectivity index (χ1) is 32.4. The Balaban J connectivity index is 1.45. The molecule has 362 valence electrons. The van der Waals surface area contributed by atoms with E-state index in [1.807, 2.05) is 58.0 Å². The molecule has 68 heavy (non-hydrogen) atoms. The number of nitrogens with one attached hydrogen (secondary N) is 3. The molecule has 0 aliphatic carbocycles. The second-order valence-electron chi connectivity index (χ2n) is 18.6. The SMILES string of the molecule is C=CC(=O)Nc1ncc(C(=O)N(C)[C@H](C(=O)N[C@H]2Cc3cccc(c3)-c3ccc4c(c3)c(c(/C(C=C)=C(/N=C\C)[C@H](C)OC)n4CC)CC(C)(C)COC(=O)[C@@H]3CCCN(N3)C2=O)C(C)C)n1C. The highest BCUT2D eigenvalue weighted by molar-refractivity contribution is 6.00. The fraction of sp³-hybridized carbons (Fsp3) is 0.442. The summed E-state index contributed by atoms with van der Waals surface area (Å²) in [5, 5.41) is 8.03. The monoisotopic (exact) mass is 930 g/mol. The fourth-order valence-corrected chi connectivity index (χ4v) is 9.27. The molecule has 1 saturated heterocycles. The van der Waals surface area contributed by atoms with E-state index in [0.29, 0.717) is 32.4 Å². The molecule has 2 aromatic carbocycles. The zero-order valence-corrected chi connectivity index (χ0v) is 41.1. The number of ether oxygens (including phenoxy) is 2. The summed E-state index contributed by atoms with van der Waals surface area (Å²) in [6.07, 6.45) is 7.31. The van der Waals surface area contributed by atoms with Crippen LogP contribution in [0.15, 0.2) is 84.7 Å². The van der Waals surface area contributed by atoms with Gasteiger partial charge >= 0.3 is 5.97 Å². The van der Waals surface area contributed by atoms with E-state index in [1.54, 1.807) is 20.4 Å². The molecule has 16 nitrogen and oxygen atoms in total. The number of hydrogen-bond donors (Lipinski definition) is 3. The molecule has 2 aliphatic heterocycles. The number of amides is 4. The minimum atomic E-state index is -1.10. The number of rotatable bonds is 13. The molecule has 4 amide bonds. The average molecular weight is 930 g/mol. The number of likely N-dealkylation sites (N-methyl/N-ethyl adjacent to an activating group) is 1. The van der Waals surface area contributed by atoms with Gasteiger partial charge in [0.25, 0.3) is 11.8 Å². The highest BCUT2D eigenvalue weighted by Gasteiger charge is 2.38. The van der Waals surface area contributed by atoms with Crippen molar-refractivity contribution in [3.8, 4) is 11.1 Å². The maximum absolute atomic E-state index is 14.7. The number of carbonyl (C=O) groups is 5. The third kappa shape index (κ3) is 10.7. The lowest BCUT2D eigenvalue weighted by Gasteiger charge is -2.36. The molecule has 6 bridgehead atoms. The number of methoxy groups -OCH3 is 1. The molecule has 2 aromatic heterocycles. The maximum Gasteiger partial charge on any atom is 0.324 e. The van der Waals surface area contributed by atoms with Gasteiger partial charge in [0.2, 0.25) is 17.8 Å². The van der Waals surface area contributed by atoms with Crippen molar-refractivity contribution in [1.82, 2.24) is 34.8 Å². The van der Waals surface area contributed by atoms with Crippen molar-refractivity contribution < 1.29 is 33.4 Å². The number of aliphatic imine (C=N–C) groups is 1. The van der Waals surface area contributed by atoms with Gasteiger partial charge < -0.3 is 28.8 Å². The standard InChI is InChI=1S/C52H67N9O7/c1-13-36(44(53-15-3)32(7)67-12)46-38-28-52(8,9)30-68-50(66)39-21-18-24-61(57-39)48(64)40(26-33-19-17-20-34(25-33)35-22-23-41(37(38)27-35)60(46)16-4)55-47(63)45(31(5)6)59(11)49(65)42-29-54-51(58(42)10)56-43(62)14-2/h13-15,17,19-20,22-23,25,27,29,31-32,39-40,45,57H,1-2,16,18,21,24,26,28,30H2,3-12H3,(H,55,63)(H,54,56,62)/b44-36+,53-15-/t32-,39-,40-,45-/m0/s1. The lowest BCUT2D eigenvalue weighted by atomic mass is 9.84. The van der Waals surface area contributed by atoms with E-state index < -0.39 is 53.1 Å². The molecule has 0 radical (unpaired) electrons. The van der Waals surface area contributed by atoms with Crippen LogP contribution in [0.4, 0.5) is 5.95 Å². The molecule has 1 fully saturated rings. The Kier molecular flexibility index (Phi) is 16.1. The van der Waals surface area contributed by atoms with Crippen LogP contribution in [0.2, 0.25) is 0 Å².